The Labute approximate surface area is 68.9 Å². The van der Waals surface area contributed by atoms with Gasteiger partial charge in [-0.1, -0.05) is 0 Å². The van der Waals surface area contributed by atoms with Crippen molar-refractivity contribution in [1.82, 2.24) is 14.4 Å². The van der Waals surface area contributed by atoms with Crippen molar-refractivity contribution in [2.24, 2.45) is 0 Å². The van der Waals surface area contributed by atoms with Gasteiger partial charge in [0.05, 0.1) is 0 Å². The smallest absolute Gasteiger partial charge is 0.170 e. The van der Waals surface area contributed by atoms with Crippen molar-refractivity contribution in [2.75, 3.05) is 0 Å². The lowest BCUT2D eigenvalue weighted by molar-refractivity contribution is 0.111. The van der Waals surface area contributed by atoms with E-state index in [1.165, 1.54) is 0 Å². The number of fused-ring (bicyclic) bond motifs is 1. The first-order valence-electron chi connectivity index (χ1n) is 3.57. The molecule has 0 aromatic carbocycles. The second kappa shape index (κ2) is 2.41. The Bertz CT molecular complexity index is 433. The van der Waals surface area contributed by atoms with Crippen molar-refractivity contribution in [3.05, 3.63) is 30.0 Å². The van der Waals surface area contributed by atoms with Crippen LogP contribution in [0.5, 0.6) is 0 Å². The molecule has 0 aliphatic carbocycles. The Morgan fingerprint density at radius 1 is 1.58 bits per heavy atom. The van der Waals surface area contributed by atoms with Crippen LogP contribution in [0.15, 0.2) is 18.5 Å². The Morgan fingerprint density at radius 2 is 2.42 bits per heavy atom. The summed E-state index contributed by atoms with van der Waals surface area (Å²) in [7, 11) is 0. The van der Waals surface area contributed by atoms with Crippen LogP contribution in [0, 0.1) is 6.92 Å². The largest absolute Gasteiger partial charge is 0.296 e. The molecular weight excluding hydrogens is 154 g/mol. The molecule has 2 rings (SSSR count). The number of hydrogen-bond donors (Lipinski definition) is 0. The van der Waals surface area contributed by atoms with E-state index < -0.39 is 0 Å². The molecule has 0 bridgehead atoms. The van der Waals surface area contributed by atoms with Gasteiger partial charge < -0.3 is 0 Å². The first-order valence-corrected chi connectivity index (χ1v) is 3.57. The maximum absolute atomic E-state index is 10.4. The summed E-state index contributed by atoms with van der Waals surface area (Å²) >= 11 is 0. The normalized spacial score (nSPS) is 10.4. The van der Waals surface area contributed by atoms with Crippen molar-refractivity contribution in [1.29, 1.82) is 0 Å². The molecule has 0 radical (unpaired) electrons. The van der Waals surface area contributed by atoms with Gasteiger partial charge in [-0.3, -0.25) is 9.20 Å². The maximum Gasteiger partial charge on any atom is 0.170 e. The summed E-state index contributed by atoms with van der Waals surface area (Å²) in [5.41, 5.74) is 1.19. The zero-order chi connectivity index (χ0) is 8.55. The van der Waals surface area contributed by atoms with Gasteiger partial charge in [0, 0.05) is 12.4 Å². The van der Waals surface area contributed by atoms with E-state index >= 15 is 0 Å². The lowest BCUT2D eigenvalue weighted by Gasteiger charge is -1.94. The SMILES string of the molecule is Cc1nccc2nc(C=O)cn12. The van der Waals surface area contributed by atoms with E-state index in [0.29, 0.717) is 5.69 Å². The van der Waals surface area contributed by atoms with Crippen molar-refractivity contribution in [3.8, 4) is 0 Å². The molecule has 0 saturated carbocycles. The van der Waals surface area contributed by atoms with Crippen LogP contribution in [-0.2, 0) is 0 Å². The summed E-state index contributed by atoms with van der Waals surface area (Å²) in [6, 6.07) is 1.76. The predicted molar refractivity (Wildman–Crippen MR) is 43.1 cm³/mol. The molecule has 0 unspecified atom stereocenters. The van der Waals surface area contributed by atoms with Crippen LogP contribution in [0.1, 0.15) is 16.3 Å². The molecule has 2 heterocycles. The summed E-state index contributed by atoms with van der Waals surface area (Å²) in [5.74, 6) is 0.827. The van der Waals surface area contributed by atoms with Gasteiger partial charge in [0.2, 0.25) is 0 Å². The zero-order valence-electron chi connectivity index (χ0n) is 6.56. The Balaban J connectivity index is 2.82. The van der Waals surface area contributed by atoms with Crippen LogP contribution in [-0.4, -0.2) is 20.7 Å². The molecule has 0 saturated heterocycles. The number of carbonyl (C=O) groups excluding carboxylic acids is 1. The minimum absolute atomic E-state index is 0.436. The molecule has 0 amide bonds. The summed E-state index contributed by atoms with van der Waals surface area (Å²) in [5, 5.41) is 0. The third-order valence-corrected chi connectivity index (χ3v) is 1.71. The molecule has 2 aromatic rings. The number of aromatic nitrogens is 3. The van der Waals surface area contributed by atoms with Crippen molar-refractivity contribution in [3.63, 3.8) is 0 Å². The van der Waals surface area contributed by atoms with Gasteiger partial charge >= 0.3 is 0 Å². The number of carbonyl (C=O) groups is 1. The van der Waals surface area contributed by atoms with Crippen LogP contribution in [0.4, 0.5) is 0 Å². The number of imidazole rings is 1. The van der Waals surface area contributed by atoms with Crippen molar-refractivity contribution < 1.29 is 4.79 Å². The summed E-state index contributed by atoms with van der Waals surface area (Å²) in [4.78, 5) is 18.5. The molecule has 12 heavy (non-hydrogen) atoms. The van der Waals surface area contributed by atoms with Gasteiger partial charge in [-0.2, -0.15) is 0 Å². The van der Waals surface area contributed by atoms with E-state index in [1.54, 1.807) is 22.9 Å². The fraction of sp³-hybridized carbons (Fsp3) is 0.125. The van der Waals surface area contributed by atoms with Crippen LogP contribution < -0.4 is 0 Å². The van der Waals surface area contributed by atoms with E-state index in [0.717, 1.165) is 17.8 Å². The second-order valence-corrected chi connectivity index (χ2v) is 2.50. The predicted octanol–water partition coefficient (Wildman–Crippen LogP) is 0.850. The van der Waals surface area contributed by atoms with Gasteiger partial charge in [-0.15, -0.1) is 0 Å². The third-order valence-electron chi connectivity index (χ3n) is 1.71. The zero-order valence-corrected chi connectivity index (χ0v) is 6.56. The Hall–Kier alpha value is -1.71. The molecule has 0 atom stereocenters. The molecule has 2 aromatic heterocycles. The van der Waals surface area contributed by atoms with Gasteiger partial charge in [0.15, 0.2) is 6.29 Å². The van der Waals surface area contributed by atoms with Crippen LogP contribution in [0.3, 0.4) is 0 Å². The lowest BCUT2D eigenvalue weighted by atomic mass is 10.5. The molecule has 4 heteroatoms. The number of hydrogen-bond acceptors (Lipinski definition) is 3. The molecule has 0 fully saturated rings. The number of aryl methyl sites for hydroxylation is 1. The highest BCUT2D eigenvalue weighted by Gasteiger charge is 2.00. The molecule has 0 aliphatic heterocycles. The Morgan fingerprint density at radius 3 is 3.08 bits per heavy atom. The topological polar surface area (TPSA) is 47.3 Å². The Kier molecular flexibility index (Phi) is 1.40. The van der Waals surface area contributed by atoms with E-state index in [1.807, 2.05) is 6.92 Å². The molecule has 4 nitrogen and oxygen atoms in total. The van der Waals surface area contributed by atoms with Gasteiger partial charge in [-0.05, 0) is 13.0 Å². The molecular formula is C8H7N3O. The fourth-order valence-electron chi connectivity index (χ4n) is 1.12. The molecule has 0 spiro atoms. The maximum atomic E-state index is 10.4. The fourth-order valence-corrected chi connectivity index (χ4v) is 1.12. The first kappa shape index (κ1) is 6.97. The quantitative estimate of drug-likeness (QED) is 0.582. The summed E-state index contributed by atoms with van der Waals surface area (Å²) in [6.45, 7) is 1.86. The molecule has 0 aliphatic rings. The standard InChI is InChI=1S/C8H7N3O/c1-6-9-3-2-8-10-7(5-12)4-11(6)8/h2-5H,1H3. The molecule has 0 N–H and O–H groups in total. The number of rotatable bonds is 1. The summed E-state index contributed by atoms with van der Waals surface area (Å²) in [6.07, 6.45) is 4.07. The second-order valence-electron chi connectivity index (χ2n) is 2.50. The summed E-state index contributed by atoms with van der Waals surface area (Å²) < 4.78 is 1.78. The monoisotopic (exact) mass is 161 g/mol. The highest BCUT2D eigenvalue weighted by molar-refractivity contribution is 5.73. The average Bonchev–Trinajstić information content (AvgIpc) is 2.49. The van der Waals surface area contributed by atoms with E-state index in [-0.39, 0.29) is 0 Å². The third kappa shape index (κ3) is 0.887. The lowest BCUT2D eigenvalue weighted by Crippen LogP contribution is -1.91. The first-order chi connectivity index (χ1) is 5.81. The van der Waals surface area contributed by atoms with Crippen LogP contribution >= 0.6 is 0 Å². The number of nitrogens with zero attached hydrogens (tertiary/aromatic N) is 3. The highest BCUT2D eigenvalue weighted by atomic mass is 16.1. The minimum atomic E-state index is 0.436. The van der Waals surface area contributed by atoms with Gasteiger partial charge in [-0.25, -0.2) is 9.97 Å². The molecule has 60 valence electrons. The van der Waals surface area contributed by atoms with Crippen molar-refractivity contribution in [2.45, 2.75) is 6.92 Å². The number of aldehydes is 1. The van der Waals surface area contributed by atoms with E-state index in [9.17, 15) is 4.79 Å². The highest BCUT2D eigenvalue weighted by Crippen LogP contribution is 2.03. The average molecular weight is 161 g/mol. The van der Waals surface area contributed by atoms with E-state index in [4.69, 9.17) is 0 Å². The minimum Gasteiger partial charge on any atom is -0.296 e. The van der Waals surface area contributed by atoms with Gasteiger partial charge in [0.1, 0.15) is 17.2 Å². The van der Waals surface area contributed by atoms with Gasteiger partial charge in [0.25, 0.3) is 0 Å². The van der Waals surface area contributed by atoms with Crippen LogP contribution in [0.2, 0.25) is 0 Å². The van der Waals surface area contributed by atoms with Crippen LogP contribution in [0.25, 0.3) is 5.65 Å². The van der Waals surface area contributed by atoms with Crippen molar-refractivity contribution >= 4 is 11.9 Å². The van der Waals surface area contributed by atoms with E-state index in [2.05, 4.69) is 9.97 Å².